The van der Waals surface area contributed by atoms with E-state index in [1.807, 2.05) is 29.2 Å². The lowest BCUT2D eigenvalue weighted by atomic mass is 10.2. The van der Waals surface area contributed by atoms with Crippen LogP contribution in [0.5, 0.6) is 11.5 Å². The molecular formula is C16H25ClN2O3. The van der Waals surface area contributed by atoms with Gasteiger partial charge in [-0.15, -0.1) is 12.4 Å². The standard InChI is InChI=1S/C16H24N2O3.ClH/c1-20-14-5-7-15(8-6-14)21-13-2-4-16(19)18-11-3-9-17-10-12-18;/h5-8,17H,2-4,9-13H2,1H3;1H. The van der Waals surface area contributed by atoms with Crippen LogP contribution in [0.1, 0.15) is 19.3 Å². The molecule has 1 amide bonds. The van der Waals surface area contributed by atoms with Crippen molar-refractivity contribution in [3.8, 4) is 11.5 Å². The van der Waals surface area contributed by atoms with Gasteiger partial charge < -0.3 is 19.7 Å². The first kappa shape index (κ1) is 18.6. The molecule has 0 aliphatic carbocycles. The Bertz CT molecular complexity index is 432. The molecule has 2 rings (SSSR count). The number of carbonyl (C=O) groups is 1. The molecule has 6 heteroatoms. The number of nitrogens with one attached hydrogen (secondary N) is 1. The fraction of sp³-hybridized carbons (Fsp3) is 0.562. The summed E-state index contributed by atoms with van der Waals surface area (Å²) in [5.74, 6) is 1.85. The quantitative estimate of drug-likeness (QED) is 0.813. The molecule has 124 valence electrons. The Hall–Kier alpha value is -1.46. The zero-order chi connectivity index (χ0) is 14.9. The number of carbonyl (C=O) groups excluding carboxylic acids is 1. The predicted molar refractivity (Wildman–Crippen MR) is 89.0 cm³/mol. The minimum atomic E-state index is 0. The molecule has 0 spiro atoms. The third-order valence-corrected chi connectivity index (χ3v) is 3.56. The van der Waals surface area contributed by atoms with Crippen LogP contribution in [-0.2, 0) is 4.79 Å². The summed E-state index contributed by atoms with van der Waals surface area (Å²) in [6.45, 7) is 4.14. The summed E-state index contributed by atoms with van der Waals surface area (Å²) in [6, 6.07) is 7.48. The van der Waals surface area contributed by atoms with Gasteiger partial charge in [-0.3, -0.25) is 4.79 Å². The van der Waals surface area contributed by atoms with Gasteiger partial charge in [0.1, 0.15) is 11.5 Å². The Morgan fingerprint density at radius 1 is 1.18 bits per heavy atom. The van der Waals surface area contributed by atoms with Crippen LogP contribution in [0.15, 0.2) is 24.3 Å². The SMILES string of the molecule is COc1ccc(OCCCC(=O)N2CCCNCC2)cc1.Cl. The minimum Gasteiger partial charge on any atom is -0.497 e. The average Bonchev–Trinajstić information content (AvgIpc) is 2.81. The Morgan fingerprint density at radius 3 is 2.64 bits per heavy atom. The Kier molecular flexibility index (Phi) is 8.70. The molecule has 1 fully saturated rings. The molecule has 0 bridgehead atoms. The van der Waals surface area contributed by atoms with Crippen molar-refractivity contribution in [2.45, 2.75) is 19.3 Å². The number of methoxy groups -OCH3 is 1. The number of amides is 1. The highest BCUT2D eigenvalue weighted by Crippen LogP contribution is 2.17. The summed E-state index contributed by atoms with van der Waals surface area (Å²) in [5.41, 5.74) is 0. The zero-order valence-electron chi connectivity index (χ0n) is 13.0. The number of benzene rings is 1. The monoisotopic (exact) mass is 328 g/mol. The Morgan fingerprint density at radius 2 is 1.91 bits per heavy atom. The van der Waals surface area contributed by atoms with Gasteiger partial charge in [0.25, 0.3) is 0 Å². The van der Waals surface area contributed by atoms with E-state index in [2.05, 4.69) is 5.32 Å². The van der Waals surface area contributed by atoms with Gasteiger partial charge in [0.2, 0.25) is 5.91 Å². The van der Waals surface area contributed by atoms with Gasteiger partial charge in [0.15, 0.2) is 0 Å². The molecule has 1 N–H and O–H groups in total. The Balaban J connectivity index is 0.00000242. The molecule has 0 radical (unpaired) electrons. The fourth-order valence-corrected chi connectivity index (χ4v) is 2.34. The Labute approximate surface area is 138 Å². The van der Waals surface area contributed by atoms with E-state index in [1.54, 1.807) is 7.11 Å². The molecule has 1 aliphatic heterocycles. The van der Waals surface area contributed by atoms with Gasteiger partial charge >= 0.3 is 0 Å². The molecule has 5 nitrogen and oxygen atoms in total. The number of hydrogen-bond donors (Lipinski definition) is 1. The van der Waals surface area contributed by atoms with Gasteiger partial charge in [0, 0.05) is 26.1 Å². The van der Waals surface area contributed by atoms with Crippen molar-refractivity contribution in [1.82, 2.24) is 10.2 Å². The third-order valence-electron chi connectivity index (χ3n) is 3.56. The normalized spacial score (nSPS) is 14.7. The number of rotatable bonds is 6. The van der Waals surface area contributed by atoms with Crippen molar-refractivity contribution in [1.29, 1.82) is 0 Å². The molecule has 1 heterocycles. The largest absolute Gasteiger partial charge is 0.497 e. The first-order chi connectivity index (χ1) is 10.3. The summed E-state index contributed by atoms with van der Waals surface area (Å²) in [6.07, 6.45) is 2.33. The molecule has 22 heavy (non-hydrogen) atoms. The lowest BCUT2D eigenvalue weighted by Gasteiger charge is -2.19. The highest BCUT2D eigenvalue weighted by Gasteiger charge is 2.14. The van der Waals surface area contributed by atoms with Crippen molar-refractivity contribution in [2.24, 2.45) is 0 Å². The van der Waals surface area contributed by atoms with Crippen LogP contribution < -0.4 is 14.8 Å². The molecule has 0 saturated carbocycles. The molecule has 0 unspecified atom stereocenters. The fourth-order valence-electron chi connectivity index (χ4n) is 2.34. The maximum atomic E-state index is 12.1. The molecule has 1 aliphatic rings. The van der Waals surface area contributed by atoms with Gasteiger partial charge in [-0.05, 0) is 43.7 Å². The van der Waals surface area contributed by atoms with Gasteiger partial charge in [-0.25, -0.2) is 0 Å². The highest BCUT2D eigenvalue weighted by molar-refractivity contribution is 5.85. The molecule has 0 atom stereocenters. The number of ether oxygens (including phenoxy) is 2. The van der Waals surface area contributed by atoms with Crippen LogP contribution in [0.4, 0.5) is 0 Å². The topological polar surface area (TPSA) is 50.8 Å². The predicted octanol–water partition coefficient (Wildman–Crippen LogP) is 2.10. The van der Waals surface area contributed by atoms with Crippen molar-refractivity contribution < 1.29 is 14.3 Å². The van der Waals surface area contributed by atoms with Crippen molar-refractivity contribution >= 4 is 18.3 Å². The van der Waals surface area contributed by atoms with E-state index in [9.17, 15) is 4.79 Å². The third kappa shape index (κ3) is 6.12. The average molecular weight is 329 g/mol. The molecule has 1 saturated heterocycles. The molecule has 1 aromatic carbocycles. The van der Waals surface area contributed by atoms with Crippen LogP contribution >= 0.6 is 12.4 Å². The van der Waals surface area contributed by atoms with E-state index < -0.39 is 0 Å². The molecule has 0 aromatic heterocycles. The second-order valence-electron chi connectivity index (χ2n) is 5.11. The van der Waals surface area contributed by atoms with Crippen molar-refractivity contribution in [2.75, 3.05) is 39.9 Å². The summed E-state index contributed by atoms with van der Waals surface area (Å²) in [4.78, 5) is 14.0. The van der Waals surface area contributed by atoms with Crippen LogP contribution in [-0.4, -0.2) is 50.7 Å². The van der Waals surface area contributed by atoms with Gasteiger partial charge in [-0.1, -0.05) is 0 Å². The van der Waals surface area contributed by atoms with Crippen LogP contribution in [0, 0.1) is 0 Å². The zero-order valence-corrected chi connectivity index (χ0v) is 13.9. The smallest absolute Gasteiger partial charge is 0.222 e. The van der Waals surface area contributed by atoms with E-state index in [1.165, 1.54) is 0 Å². The van der Waals surface area contributed by atoms with Crippen molar-refractivity contribution in [3.63, 3.8) is 0 Å². The van der Waals surface area contributed by atoms with E-state index in [0.29, 0.717) is 13.0 Å². The first-order valence-electron chi connectivity index (χ1n) is 7.55. The maximum Gasteiger partial charge on any atom is 0.222 e. The number of halogens is 1. The van der Waals surface area contributed by atoms with Crippen LogP contribution in [0.25, 0.3) is 0 Å². The number of nitrogens with zero attached hydrogens (tertiary/aromatic N) is 1. The summed E-state index contributed by atoms with van der Waals surface area (Å²) in [5, 5.41) is 3.30. The van der Waals surface area contributed by atoms with E-state index >= 15 is 0 Å². The van der Waals surface area contributed by atoms with Crippen LogP contribution in [0.3, 0.4) is 0 Å². The summed E-state index contributed by atoms with van der Waals surface area (Å²) in [7, 11) is 1.64. The second-order valence-corrected chi connectivity index (χ2v) is 5.11. The van der Waals surface area contributed by atoms with E-state index in [0.717, 1.165) is 50.5 Å². The van der Waals surface area contributed by atoms with Gasteiger partial charge in [0.05, 0.1) is 13.7 Å². The minimum absolute atomic E-state index is 0. The second kappa shape index (κ2) is 10.3. The van der Waals surface area contributed by atoms with E-state index in [-0.39, 0.29) is 18.3 Å². The van der Waals surface area contributed by atoms with E-state index in [4.69, 9.17) is 9.47 Å². The lowest BCUT2D eigenvalue weighted by molar-refractivity contribution is -0.131. The molecular weight excluding hydrogens is 304 g/mol. The van der Waals surface area contributed by atoms with Crippen molar-refractivity contribution in [3.05, 3.63) is 24.3 Å². The maximum absolute atomic E-state index is 12.1. The molecule has 1 aromatic rings. The first-order valence-corrected chi connectivity index (χ1v) is 7.55. The number of hydrogen-bond acceptors (Lipinski definition) is 4. The highest BCUT2D eigenvalue weighted by atomic mass is 35.5. The van der Waals surface area contributed by atoms with Crippen LogP contribution in [0.2, 0.25) is 0 Å². The summed E-state index contributed by atoms with van der Waals surface area (Å²) < 4.78 is 10.7. The summed E-state index contributed by atoms with van der Waals surface area (Å²) >= 11 is 0. The lowest BCUT2D eigenvalue weighted by Crippen LogP contribution is -2.34. The van der Waals surface area contributed by atoms with Gasteiger partial charge in [-0.2, -0.15) is 0 Å².